The van der Waals surface area contributed by atoms with Gasteiger partial charge in [-0.3, -0.25) is 0 Å². The minimum atomic E-state index is -0.0415. The van der Waals surface area contributed by atoms with Crippen LogP contribution in [0, 0.1) is 5.92 Å². The summed E-state index contributed by atoms with van der Waals surface area (Å²) in [6.45, 7) is 4.89. The van der Waals surface area contributed by atoms with E-state index in [1.165, 1.54) is 5.56 Å². The first-order valence-electron chi connectivity index (χ1n) is 5.09. The van der Waals surface area contributed by atoms with Gasteiger partial charge in [0.25, 0.3) is 0 Å². The Hall–Kier alpha value is -0.860. The minimum absolute atomic E-state index is 0.0415. The summed E-state index contributed by atoms with van der Waals surface area (Å²) in [6.07, 6.45) is 0.0730. The molecular formula is C12H16O2. The lowest BCUT2D eigenvalue weighted by atomic mass is 10.1. The average Bonchev–Trinajstić information content (AvgIpc) is 2.68. The highest BCUT2D eigenvalue weighted by molar-refractivity contribution is 5.18. The van der Waals surface area contributed by atoms with Crippen molar-refractivity contribution >= 4 is 0 Å². The van der Waals surface area contributed by atoms with E-state index in [0.29, 0.717) is 12.5 Å². The van der Waals surface area contributed by atoms with Crippen LogP contribution in [0.2, 0.25) is 0 Å². The third-order valence-corrected chi connectivity index (χ3v) is 2.43. The van der Waals surface area contributed by atoms with Crippen molar-refractivity contribution in [3.8, 4) is 0 Å². The summed E-state index contributed by atoms with van der Waals surface area (Å²) in [4.78, 5) is 0. The van der Waals surface area contributed by atoms with Gasteiger partial charge in [0, 0.05) is 5.92 Å². The molecule has 0 amide bonds. The summed E-state index contributed by atoms with van der Waals surface area (Å²) < 4.78 is 11.3. The molecule has 1 fully saturated rings. The van der Waals surface area contributed by atoms with Gasteiger partial charge in [0.05, 0.1) is 6.61 Å². The lowest BCUT2D eigenvalue weighted by Gasteiger charge is -2.14. The van der Waals surface area contributed by atoms with Gasteiger partial charge in [0.1, 0.15) is 6.10 Å². The lowest BCUT2D eigenvalue weighted by molar-refractivity contribution is -0.0877. The van der Waals surface area contributed by atoms with E-state index in [0.717, 1.165) is 0 Å². The van der Waals surface area contributed by atoms with Crippen molar-refractivity contribution in [1.29, 1.82) is 0 Å². The zero-order valence-corrected chi connectivity index (χ0v) is 8.64. The second kappa shape index (κ2) is 4.11. The Morgan fingerprint density at radius 2 is 1.93 bits per heavy atom. The van der Waals surface area contributed by atoms with Gasteiger partial charge >= 0.3 is 0 Å². The molecule has 2 heteroatoms. The zero-order chi connectivity index (χ0) is 9.97. The maximum absolute atomic E-state index is 5.79. The van der Waals surface area contributed by atoms with Gasteiger partial charge < -0.3 is 9.47 Å². The maximum Gasteiger partial charge on any atom is 0.160 e. The Balaban J connectivity index is 2.03. The standard InChI is InChI=1S/C12H16O2/c1-9(2)12-13-8-11(14-12)10-6-4-3-5-7-10/h3-7,9,11-12H,8H2,1-2H3/t11-,12-/m1/s1. The highest BCUT2D eigenvalue weighted by atomic mass is 16.7. The summed E-state index contributed by atoms with van der Waals surface area (Å²) in [6, 6.07) is 10.2. The van der Waals surface area contributed by atoms with Crippen molar-refractivity contribution in [1.82, 2.24) is 0 Å². The third kappa shape index (κ3) is 1.97. The summed E-state index contributed by atoms with van der Waals surface area (Å²) in [5.74, 6) is 0.420. The lowest BCUT2D eigenvalue weighted by Crippen LogP contribution is -2.15. The molecule has 76 valence electrons. The van der Waals surface area contributed by atoms with E-state index in [1.54, 1.807) is 0 Å². The highest BCUT2D eigenvalue weighted by Crippen LogP contribution is 2.29. The molecule has 0 saturated carbocycles. The molecule has 0 bridgehead atoms. The normalized spacial score (nSPS) is 27.1. The van der Waals surface area contributed by atoms with Gasteiger partial charge in [-0.05, 0) is 5.56 Å². The van der Waals surface area contributed by atoms with Crippen molar-refractivity contribution in [2.45, 2.75) is 26.2 Å². The molecule has 1 aromatic rings. The Kier molecular flexibility index (Phi) is 2.85. The van der Waals surface area contributed by atoms with E-state index in [-0.39, 0.29) is 12.4 Å². The number of rotatable bonds is 2. The van der Waals surface area contributed by atoms with Gasteiger partial charge in [0.2, 0.25) is 0 Å². The van der Waals surface area contributed by atoms with Gasteiger partial charge in [0.15, 0.2) is 6.29 Å². The first kappa shape index (κ1) is 9.69. The summed E-state index contributed by atoms with van der Waals surface area (Å²) in [5.41, 5.74) is 1.20. The molecule has 0 radical (unpaired) electrons. The van der Waals surface area contributed by atoms with Gasteiger partial charge in [-0.15, -0.1) is 0 Å². The van der Waals surface area contributed by atoms with E-state index in [2.05, 4.69) is 26.0 Å². The molecule has 1 aliphatic heterocycles. The van der Waals surface area contributed by atoms with Crippen LogP contribution in [0.4, 0.5) is 0 Å². The van der Waals surface area contributed by atoms with E-state index in [1.807, 2.05) is 18.2 Å². The second-order valence-corrected chi connectivity index (χ2v) is 3.98. The van der Waals surface area contributed by atoms with Crippen LogP contribution in [-0.4, -0.2) is 12.9 Å². The van der Waals surface area contributed by atoms with E-state index < -0.39 is 0 Å². The zero-order valence-electron chi connectivity index (χ0n) is 8.64. The molecule has 0 spiro atoms. The first-order valence-corrected chi connectivity index (χ1v) is 5.09. The predicted octanol–water partition coefficient (Wildman–Crippen LogP) is 2.76. The fourth-order valence-corrected chi connectivity index (χ4v) is 1.61. The van der Waals surface area contributed by atoms with E-state index in [4.69, 9.17) is 9.47 Å². The van der Waals surface area contributed by atoms with Crippen molar-refractivity contribution in [2.24, 2.45) is 5.92 Å². The van der Waals surface area contributed by atoms with E-state index in [9.17, 15) is 0 Å². The molecule has 0 N–H and O–H groups in total. The first-order chi connectivity index (χ1) is 6.77. The van der Waals surface area contributed by atoms with Crippen LogP contribution < -0.4 is 0 Å². The summed E-state index contributed by atoms with van der Waals surface area (Å²) in [7, 11) is 0. The number of ether oxygens (including phenoxy) is 2. The van der Waals surface area contributed by atoms with Gasteiger partial charge in [-0.1, -0.05) is 44.2 Å². The molecule has 2 nitrogen and oxygen atoms in total. The molecule has 1 aromatic carbocycles. The molecule has 2 rings (SSSR count). The molecule has 2 atom stereocenters. The molecule has 0 unspecified atom stereocenters. The molecule has 0 aromatic heterocycles. The van der Waals surface area contributed by atoms with E-state index >= 15 is 0 Å². The average molecular weight is 192 g/mol. The monoisotopic (exact) mass is 192 g/mol. The van der Waals surface area contributed by atoms with Crippen LogP contribution in [0.15, 0.2) is 30.3 Å². The smallest absolute Gasteiger partial charge is 0.160 e. The Morgan fingerprint density at radius 3 is 2.50 bits per heavy atom. The molecule has 14 heavy (non-hydrogen) atoms. The third-order valence-electron chi connectivity index (χ3n) is 2.43. The molecule has 1 aliphatic rings. The highest BCUT2D eigenvalue weighted by Gasteiger charge is 2.28. The van der Waals surface area contributed by atoms with Gasteiger partial charge in [-0.25, -0.2) is 0 Å². The fraction of sp³-hybridized carbons (Fsp3) is 0.500. The fourth-order valence-electron chi connectivity index (χ4n) is 1.61. The second-order valence-electron chi connectivity index (χ2n) is 3.98. The maximum atomic E-state index is 5.79. The van der Waals surface area contributed by atoms with Crippen molar-refractivity contribution in [2.75, 3.05) is 6.61 Å². The molecule has 1 saturated heterocycles. The minimum Gasteiger partial charge on any atom is -0.349 e. The SMILES string of the molecule is CC(C)[C@@H]1OC[C@H](c2ccccc2)O1. The molecular weight excluding hydrogens is 176 g/mol. The van der Waals surface area contributed by atoms with Crippen LogP contribution in [0.25, 0.3) is 0 Å². The van der Waals surface area contributed by atoms with Crippen LogP contribution in [-0.2, 0) is 9.47 Å². The summed E-state index contributed by atoms with van der Waals surface area (Å²) in [5, 5.41) is 0. The van der Waals surface area contributed by atoms with Crippen molar-refractivity contribution in [3.63, 3.8) is 0 Å². The number of hydrogen-bond donors (Lipinski definition) is 0. The predicted molar refractivity (Wildman–Crippen MR) is 54.8 cm³/mol. The van der Waals surface area contributed by atoms with Crippen molar-refractivity contribution in [3.05, 3.63) is 35.9 Å². The summed E-state index contributed by atoms with van der Waals surface area (Å²) >= 11 is 0. The van der Waals surface area contributed by atoms with Crippen LogP contribution in [0.1, 0.15) is 25.5 Å². The topological polar surface area (TPSA) is 18.5 Å². The number of benzene rings is 1. The van der Waals surface area contributed by atoms with Crippen LogP contribution >= 0.6 is 0 Å². The molecule has 0 aliphatic carbocycles. The van der Waals surface area contributed by atoms with Crippen LogP contribution in [0.5, 0.6) is 0 Å². The van der Waals surface area contributed by atoms with Crippen LogP contribution in [0.3, 0.4) is 0 Å². The molecule has 1 heterocycles. The van der Waals surface area contributed by atoms with Crippen molar-refractivity contribution < 1.29 is 9.47 Å². The number of hydrogen-bond acceptors (Lipinski definition) is 2. The quantitative estimate of drug-likeness (QED) is 0.717. The Labute approximate surface area is 84.8 Å². The largest absolute Gasteiger partial charge is 0.349 e. The van der Waals surface area contributed by atoms with Gasteiger partial charge in [-0.2, -0.15) is 0 Å². The Morgan fingerprint density at radius 1 is 1.21 bits per heavy atom. The Bertz CT molecular complexity index is 282.